The molecule has 0 saturated carbocycles. The predicted molar refractivity (Wildman–Crippen MR) is 141 cm³/mol. The molecule has 0 radical (unpaired) electrons. The third-order valence-corrected chi connectivity index (χ3v) is 6.90. The second-order valence-corrected chi connectivity index (χ2v) is 9.73. The lowest BCUT2D eigenvalue weighted by atomic mass is 10.3. The number of hydrogen-bond acceptors (Lipinski definition) is 7. The van der Waals surface area contributed by atoms with Crippen LogP contribution in [0.2, 0.25) is 0 Å². The number of terminal acetylenes is 1. The number of halogens is 4. The predicted octanol–water partition coefficient (Wildman–Crippen LogP) is 2.29. The highest BCUT2D eigenvalue weighted by molar-refractivity contribution is 7.89. The standard InChI is InChI=1S/C12H18N2O2S.C10H7F4NO3.C2H4O2.C2H2/c1-2-13-8-10-14(11-9-13)17(15,16)12-6-4-3-5-7-12;11-6-1-7(12)9(14)10(8(6)13)18-3-5(17)2-15-4-16;1-2(3)4;1-2/h3-7H,2,8-11H2,1H3;1,4H,2-3H2,(H,15,16);1H3,(H,3,4);1-2H. The summed E-state index contributed by atoms with van der Waals surface area (Å²) in [5.41, 5.74) is 0. The fourth-order valence-corrected chi connectivity index (χ4v) is 4.51. The Kier molecular flexibility index (Phi) is 17.3. The zero-order chi connectivity index (χ0) is 31.6. The molecule has 0 unspecified atom stereocenters. The van der Waals surface area contributed by atoms with Crippen molar-refractivity contribution in [1.29, 1.82) is 0 Å². The molecule has 1 saturated heterocycles. The minimum absolute atomic E-state index is 0.0211. The molecule has 15 heteroatoms. The summed E-state index contributed by atoms with van der Waals surface area (Å²) in [5.74, 6) is -9.61. The van der Waals surface area contributed by atoms with E-state index in [-0.39, 0.29) is 12.5 Å². The maximum Gasteiger partial charge on any atom is 0.300 e. The molecule has 0 spiro atoms. The number of rotatable bonds is 9. The summed E-state index contributed by atoms with van der Waals surface area (Å²) in [6.45, 7) is 5.73. The van der Waals surface area contributed by atoms with Crippen molar-refractivity contribution < 1.29 is 50.2 Å². The molecule has 3 rings (SSSR count). The van der Waals surface area contributed by atoms with Crippen molar-refractivity contribution in [3.63, 3.8) is 0 Å². The van der Waals surface area contributed by atoms with Gasteiger partial charge in [-0.1, -0.05) is 25.1 Å². The van der Waals surface area contributed by atoms with Crippen molar-refractivity contribution in [3.8, 4) is 18.6 Å². The van der Waals surface area contributed by atoms with Crippen LogP contribution in [0, 0.1) is 36.1 Å². The van der Waals surface area contributed by atoms with Crippen LogP contribution in [0.4, 0.5) is 17.6 Å². The highest BCUT2D eigenvalue weighted by Gasteiger charge is 2.27. The first kappa shape index (κ1) is 37.0. The van der Waals surface area contributed by atoms with Crippen LogP contribution in [-0.4, -0.2) is 86.8 Å². The van der Waals surface area contributed by atoms with E-state index in [4.69, 9.17) is 9.90 Å². The second kappa shape index (κ2) is 19.1. The molecule has 1 aliphatic rings. The van der Waals surface area contributed by atoms with Gasteiger partial charge in [0.2, 0.25) is 28.1 Å². The first-order chi connectivity index (χ1) is 19.3. The molecule has 0 atom stereocenters. The van der Waals surface area contributed by atoms with E-state index in [1.165, 1.54) is 0 Å². The number of Topliss-reactive ketones (excluding diaryl/α,β-unsaturated/α-hetero) is 1. The Morgan fingerprint density at radius 3 is 1.95 bits per heavy atom. The van der Waals surface area contributed by atoms with E-state index in [1.807, 2.05) is 11.4 Å². The molecule has 0 aromatic heterocycles. The largest absolute Gasteiger partial charge is 0.481 e. The zero-order valence-corrected chi connectivity index (χ0v) is 23.2. The van der Waals surface area contributed by atoms with Crippen LogP contribution in [0.15, 0.2) is 41.3 Å². The number of ketones is 1. The Morgan fingerprint density at radius 2 is 1.51 bits per heavy atom. The van der Waals surface area contributed by atoms with Crippen molar-refractivity contribution in [2.75, 3.05) is 45.9 Å². The SMILES string of the molecule is C#C.CC(=O)O.CCN1CCN(S(=O)(=O)c2ccccc2)CC1.O=CNCC(=O)COc1c(F)c(F)cc(F)c1F. The number of hydrogen-bond donors (Lipinski definition) is 2. The van der Waals surface area contributed by atoms with Gasteiger partial charge in [0.05, 0.1) is 11.4 Å². The number of nitrogens with one attached hydrogen (secondary N) is 1. The summed E-state index contributed by atoms with van der Waals surface area (Å²) in [6, 6.07) is 8.68. The minimum atomic E-state index is -3.29. The van der Waals surface area contributed by atoms with E-state index in [0.717, 1.165) is 26.6 Å². The first-order valence-corrected chi connectivity index (χ1v) is 13.2. The number of carbonyl (C=O) groups excluding carboxylic acids is 2. The summed E-state index contributed by atoms with van der Waals surface area (Å²) in [5, 5.41) is 9.41. The quantitative estimate of drug-likeness (QED) is 0.193. The Hall–Kier alpha value is -4.00. The number of sulfonamides is 1. The number of benzene rings is 2. The van der Waals surface area contributed by atoms with Gasteiger partial charge in [0.1, 0.15) is 6.61 Å². The van der Waals surface area contributed by atoms with Gasteiger partial charge in [-0.2, -0.15) is 13.1 Å². The molecule has 2 N–H and O–H groups in total. The summed E-state index contributed by atoms with van der Waals surface area (Å²) < 4.78 is 82.1. The summed E-state index contributed by atoms with van der Waals surface area (Å²) in [4.78, 5) is 32.5. The Balaban J connectivity index is 0.000000656. The third-order valence-electron chi connectivity index (χ3n) is 4.99. The number of nitrogens with zero attached hydrogens (tertiary/aromatic N) is 2. The molecule has 1 amide bonds. The number of carbonyl (C=O) groups is 3. The van der Waals surface area contributed by atoms with E-state index < -0.39 is 63.9 Å². The molecule has 1 heterocycles. The van der Waals surface area contributed by atoms with Gasteiger partial charge >= 0.3 is 0 Å². The maximum absolute atomic E-state index is 13.1. The average Bonchev–Trinajstić information content (AvgIpc) is 2.96. The molecule has 41 heavy (non-hydrogen) atoms. The highest BCUT2D eigenvalue weighted by Crippen LogP contribution is 2.26. The Morgan fingerprint density at radius 1 is 1.02 bits per heavy atom. The first-order valence-electron chi connectivity index (χ1n) is 11.8. The van der Waals surface area contributed by atoms with Gasteiger partial charge in [0.15, 0.2) is 23.2 Å². The Bertz CT molecular complexity index is 1220. The monoisotopic (exact) mass is 605 g/mol. The molecule has 10 nitrogen and oxygen atoms in total. The fraction of sp³-hybridized carbons (Fsp3) is 0.346. The van der Waals surface area contributed by atoms with Crippen molar-refractivity contribution in [2.24, 2.45) is 0 Å². The second-order valence-electron chi connectivity index (χ2n) is 7.79. The number of carboxylic acid groups (broad SMARTS) is 1. The normalized spacial score (nSPS) is 13.1. The van der Waals surface area contributed by atoms with Crippen molar-refractivity contribution in [1.82, 2.24) is 14.5 Å². The van der Waals surface area contributed by atoms with Crippen molar-refractivity contribution in [3.05, 3.63) is 59.7 Å². The summed E-state index contributed by atoms with van der Waals surface area (Å²) in [7, 11) is -3.29. The summed E-state index contributed by atoms with van der Waals surface area (Å²) in [6.07, 6.45) is 8.24. The van der Waals surface area contributed by atoms with Gasteiger partial charge in [-0.05, 0) is 18.7 Å². The van der Waals surface area contributed by atoms with E-state index in [0.29, 0.717) is 18.0 Å². The lowest BCUT2D eigenvalue weighted by molar-refractivity contribution is -0.134. The minimum Gasteiger partial charge on any atom is -0.481 e. The molecule has 226 valence electrons. The smallest absolute Gasteiger partial charge is 0.300 e. The highest BCUT2D eigenvalue weighted by atomic mass is 32.2. The van der Waals surface area contributed by atoms with E-state index in [1.54, 1.807) is 28.6 Å². The fourth-order valence-electron chi connectivity index (χ4n) is 3.06. The average molecular weight is 606 g/mol. The molecule has 1 aliphatic heterocycles. The molecule has 1 fully saturated rings. The number of amides is 1. The van der Waals surface area contributed by atoms with Gasteiger partial charge in [0, 0.05) is 39.2 Å². The zero-order valence-electron chi connectivity index (χ0n) is 22.4. The van der Waals surface area contributed by atoms with Crippen LogP contribution < -0.4 is 10.1 Å². The number of ether oxygens (including phenoxy) is 1. The van der Waals surface area contributed by atoms with Gasteiger partial charge in [0.25, 0.3) is 5.97 Å². The maximum atomic E-state index is 13.1. The van der Waals surface area contributed by atoms with Gasteiger partial charge in [-0.3, -0.25) is 14.4 Å². The summed E-state index contributed by atoms with van der Waals surface area (Å²) >= 11 is 0. The van der Waals surface area contributed by atoms with Crippen LogP contribution in [0.3, 0.4) is 0 Å². The van der Waals surface area contributed by atoms with Crippen LogP contribution in [0.25, 0.3) is 0 Å². The number of carboxylic acids is 1. The van der Waals surface area contributed by atoms with Gasteiger partial charge in [-0.15, -0.1) is 12.8 Å². The van der Waals surface area contributed by atoms with E-state index in [9.17, 15) is 35.6 Å². The van der Waals surface area contributed by atoms with Gasteiger partial charge in [-0.25, -0.2) is 17.2 Å². The lowest BCUT2D eigenvalue weighted by Gasteiger charge is -2.33. The third kappa shape index (κ3) is 12.8. The Labute approximate surface area is 235 Å². The van der Waals surface area contributed by atoms with Gasteiger partial charge < -0.3 is 20.1 Å². The van der Waals surface area contributed by atoms with Crippen LogP contribution >= 0.6 is 0 Å². The van der Waals surface area contributed by atoms with Crippen molar-refractivity contribution >= 4 is 28.2 Å². The van der Waals surface area contributed by atoms with E-state index >= 15 is 0 Å². The number of likely N-dealkylation sites (N-methyl/N-ethyl adjacent to an activating group) is 1. The molecular weight excluding hydrogens is 574 g/mol. The topological polar surface area (TPSA) is 133 Å². The van der Waals surface area contributed by atoms with Crippen LogP contribution in [-0.2, 0) is 24.4 Å². The molecule has 2 aromatic rings. The van der Waals surface area contributed by atoms with Crippen LogP contribution in [0.5, 0.6) is 5.75 Å². The van der Waals surface area contributed by atoms with Crippen molar-refractivity contribution in [2.45, 2.75) is 18.7 Å². The van der Waals surface area contributed by atoms with E-state index in [2.05, 4.69) is 29.4 Å². The molecule has 0 aliphatic carbocycles. The molecule has 2 aromatic carbocycles. The number of piperazine rings is 1. The molecular formula is C26H31F4N3O7S. The number of aliphatic carboxylic acids is 1. The van der Waals surface area contributed by atoms with Crippen LogP contribution in [0.1, 0.15) is 13.8 Å². The molecule has 0 bridgehead atoms. The lowest BCUT2D eigenvalue weighted by Crippen LogP contribution is -2.48.